The fourth-order valence-electron chi connectivity index (χ4n) is 2.99. The molecule has 0 aromatic heterocycles. The predicted octanol–water partition coefficient (Wildman–Crippen LogP) is 5.66. The molecule has 0 amide bonds. The van der Waals surface area contributed by atoms with Crippen LogP contribution >= 0.6 is 0 Å². The SMILES string of the molecule is CCOc1ccc(C(=O)C=Cc2ccc(OCc3ccccc3)cc2O)c(OCC)c1. The van der Waals surface area contributed by atoms with Crippen LogP contribution in [0.4, 0.5) is 0 Å². The van der Waals surface area contributed by atoms with Gasteiger partial charge in [0.05, 0.1) is 18.8 Å². The summed E-state index contributed by atoms with van der Waals surface area (Å²) in [7, 11) is 0. The van der Waals surface area contributed by atoms with E-state index in [9.17, 15) is 9.90 Å². The van der Waals surface area contributed by atoms with Gasteiger partial charge in [-0.1, -0.05) is 30.3 Å². The minimum Gasteiger partial charge on any atom is -0.507 e. The van der Waals surface area contributed by atoms with Crippen molar-refractivity contribution >= 4 is 11.9 Å². The Morgan fingerprint density at radius 1 is 0.871 bits per heavy atom. The number of phenols is 1. The lowest BCUT2D eigenvalue weighted by atomic mass is 10.1. The van der Waals surface area contributed by atoms with Crippen molar-refractivity contribution in [1.29, 1.82) is 0 Å². The fraction of sp³-hybridized carbons (Fsp3) is 0.192. The number of ether oxygens (including phenoxy) is 3. The summed E-state index contributed by atoms with van der Waals surface area (Å²) in [6.07, 6.45) is 2.99. The van der Waals surface area contributed by atoms with Gasteiger partial charge in [0.25, 0.3) is 0 Å². The summed E-state index contributed by atoms with van der Waals surface area (Å²) < 4.78 is 16.8. The van der Waals surface area contributed by atoms with Crippen LogP contribution in [0.15, 0.2) is 72.8 Å². The number of allylic oxidation sites excluding steroid dienone is 1. The highest BCUT2D eigenvalue weighted by atomic mass is 16.5. The van der Waals surface area contributed by atoms with Crippen molar-refractivity contribution in [2.45, 2.75) is 20.5 Å². The van der Waals surface area contributed by atoms with E-state index in [4.69, 9.17) is 14.2 Å². The average molecular weight is 418 g/mol. The summed E-state index contributed by atoms with van der Waals surface area (Å²) in [6, 6.07) is 19.9. The third-order valence-electron chi connectivity index (χ3n) is 4.49. The summed E-state index contributed by atoms with van der Waals surface area (Å²) in [5, 5.41) is 10.3. The van der Waals surface area contributed by atoms with E-state index in [2.05, 4.69) is 0 Å². The van der Waals surface area contributed by atoms with Crippen LogP contribution in [-0.4, -0.2) is 24.1 Å². The Hall–Kier alpha value is -3.73. The molecule has 31 heavy (non-hydrogen) atoms. The van der Waals surface area contributed by atoms with Crippen molar-refractivity contribution < 1.29 is 24.1 Å². The van der Waals surface area contributed by atoms with Gasteiger partial charge in [-0.25, -0.2) is 0 Å². The number of phenolic OH excluding ortho intramolecular Hbond substituents is 1. The molecule has 3 rings (SSSR count). The van der Waals surface area contributed by atoms with Crippen molar-refractivity contribution in [1.82, 2.24) is 0 Å². The Bertz CT molecular complexity index is 1040. The number of rotatable bonds is 10. The Balaban J connectivity index is 1.70. The molecule has 0 atom stereocenters. The van der Waals surface area contributed by atoms with Crippen LogP contribution < -0.4 is 14.2 Å². The van der Waals surface area contributed by atoms with E-state index in [1.165, 1.54) is 12.1 Å². The predicted molar refractivity (Wildman–Crippen MR) is 121 cm³/mol. The number of benzene rings is 3. The van der Waals surface area contributed by atoms with Crippen molar-refractivity contribution in [3.63, 3.8) is 0 Å². The number of ketones is 1. The number of carbonyl (C=O) groups excluding carboxylic acids is 1. The molecule has 5 nitrogen and oxygen atoms in total. The smallest absolute Gasteiger partial charge is 0.189 e. The Morgan fingerprint density at radius 3 is 2.29 bits per heavy atom. The highest BCUT2D eigenvalue weighted by Crippen LogP contribution is 2.28. The molecular formula is C26H26O5. The molecule has 0 spiro atoms. The summed E-state index contributed by atoms with van der Waals surface area (Å²) in [5.74, 6) is 1.48. The molecular weight excluding hydrogens is 392 g/mol. The van der Waals surface area contributed by atoms with E-state index in [1.54, 1.807) is 36.4 Å². The molecule has 0 aliphatic rings. The van der Waals surface area contributed by atoms with Gasteiger partial charge in [-0.3, -0.25) is 4.79 Å². The van der Waals surface area contributed by atoms with Gasteiger partial charge in [-0.15, -0.1) is 0 Å². The Labute approximate surface area is 182 Å². The van der Waals surface area contributed by atoms with E-state index in [-0.39, 0.29) is 11.5 Å². The maximum atomic E-state index is 12.7. The van der Waals surface area contributed by atoms with E-state index >= 15 is 0 Å². The first kappa shape index (κ1) is 22.0. The van der Waals surface area contributed by atoms with Gasteiger partial charge >= 0.3 is 0 Å². The zero-order valence-electron chi connectivity index (χ0n) is 17.7. The molecule has 0 saturated carbocycles. The zero-order chi connectivity index (χ0) is 22.1. The standard InChI is InChI=1S/C26H26O5/c1-3-29-22-13-14-23(26(17-22)30-4-2)24(27)15-11-20-10-12-21(16-25(20)28)31-18-19-8-6-5-7-9-19/h5-17,28H,3-4,18H2,1-2H3. The molecule has 0 heterocycles. The Morgan fingerprint density at radius 2 is 1.58 bits per heavy atom. The van der Waals surface area contributed by atoms with Crippen LogP contribution in [0.2, 0.25) is 0 Å². The van der Waals surface area contributed by atoms with Crippen LogP contribution in [0.1, 0.15) is 35.3 Å². The van der Waals surface area contributed by atoms with E-state index in [0.29, 0.717) is 48.2 Å². The quantitative estimate of drug-likeness (QED) is 0.340. The van der Waals surface area contributed by atoms with Crippen LogP contribution in [0, 0.1) is 0 Å². The van der Waals surface area contributed by atoms with Crippen LogP contribution in [0.3, 0.4) is 0 Å². The largest absolute Gasteiger partial charge is 0.507 e. The van der Waals surface area contributed by atoms with Gasteiger partial charge in [0.1, 0.15) is 29.6 Å². The first-order valence-corrected chi connectivity index (χ1v) is 10.2. The van der Waals surface area contributed by atoms with Crippen LogP contribution in [0.25, 0.3) is 6.08 Å². The zero-order valence-corrected chi connectivity index (χ0v) is 17.7. The van der Waals surface area contributed by atoms with Crippen molar-refractivity contribution in [2.75, 3.05) is 13.2 Å². The van der Waals surface area contributed by atoms with E-state index in [0.717, 1.165) is 5.56 Å². The maximum Gasteiger partial charge on any atom is 0.189 e. The molecule has 3 aromatic rings. The average Bonchev–Trinajstić information content (AvgIpc) is 2.78. The maximum absolute atomic E-state index is 12.7. The second-order valence-corrected chi connectivity index (χ2v) is 6.72. The van der Waals surface area contributed by atoms with Crippen LogP contribution in [0.5, 0.6) is 23.0 Å². The van der Waals surface area contributed by atoms with E-state index in [1.807, 2.05) is 44.2 Å². The van der Waals surface area contributed by atoms with Crippen LogP contribution in [-0.2, 0) is 6.61 Å². The summed E-state index contributed by atoms with van der Waals surface area (Å²) in [6.45, 7) is 5.13. The first-order chi connectivity index (χ1) is 15.1. The van der Waals surface area contributed by atoms with Crippen molar-refractivity contribution in [2.24, 2.45) is 0 Å². The fourth-order valence-corrected chi connectivity index (χ4v) is 2.99. The molecule has 0 unspecified atom stereocenters. The summed E-state index contributed by atoms with van der Waals surface area (Å²) >= 11 is 0. The molecule has 1 N–H and O–H groups in total. The second-order valence-electron chi connectivity index (χ2n) is 6.72. The lowest BCUT2D eigenvalue weighted by molar-refractivity contribution is 0.104. The van der Waals surface area contributed by atoms with Gasteiger partial charge in [-0.2, -0.15) is 0 Å². The van der Waals surface area contributed by atoms with Crippen molar-refractivity contribution in [3.8, 4) is 23.0 Å². The number of aromatic hydroxyl groups is 1. The molecule has 160 valence electrons. The highest BCUT2D eigenvalue weighted by molar-refractivity contribution is 6.08. The van der Waals surface area contributed by atoms with Gasteiger partial charge in [0.2, 0.25) is 0 Å². The van der Waals surface area contributed by atoms with Gasteiger partial charge in [-0.05, 0) is 55.8 Å². The Kier molecular flexibility index (Phi) is 7.71. The molecule has 0 aliphatic carbocycles. The molecule has 5 heteroatoms. The van der Waals surface area contributed by atoms with Gasteiger partial charge in [0.15, 0.2) is 5.78 Å². The molecule has 0 fully saturated rings. The minimum absolute atomic E-state index is 0.0336. The molecule has 0 saturated heterocycles. The summed E-state index contributed by atoms with van der Waals surface area (Å²) in [4.78, 5) is 12.7. The third kappa shape index (κ3) is 6.12. The lowest BCUT2D eigenvalue weighted by Gasteiger charge is -2.11. The van der Waals surface area contributed by atoms with Gasteiger partial charge in [0, 0.05) is 17.7 Å². The third-order valence-corrected chi connectivity index (χ3v) is 4.49. The molecule has 0 aliphatic heterocycles. The second kappa shape index (κ2) is 10.9. The van der Waals surface area contributed by atoms with E-state index < -0.39 is 0 Å². The monoisotopic (exact) mass is 418 g/mol. The molecule has 0 bridgehead atoms. The minimum atomic E-state index is -0.227. The molecule has 0 radical (unpaired) electrons. The lowest BCUT2D eigenvalue weighted by Crippen LogP contribution is -2.03. The normalized spacial score (nSPS) is 10.8. The highest BCUT2D eigenvalue weighted by Gasteiger charge is 2.12. The first-order valence-electron chi connectivity index (χ1n) is 10.2. The van der Waals surface area contributed by atoms with Gasteiger partial charge < -0.3 is 19.3 Å². The topological polar surface area (TPSA) is 65.0 Å². The summed E-state index contributed by atoms with van der Waals surface area (Å²) in [5.41, 5.74) is 1.99. The number of hydrogen-bond donors (Lipinski definition) is 1. The molecule has 3 aromatic carbocycles. The number of carbonyl (C=O) groups is 1. The van der Waals surface area contributed by atoms with Crippen molar-refractivity contribution in [3.05, 3.63) is 89.5 Å². The number of hydrogen-bond acceptors (Lipinski definition) is 5.